The zero-order chi connectivity index (χ0) is 29.8. The third-order valence-electron chi connectivity index (χ3n) is 8.87. The SMILES string of the molecule is CCc1cc(Br)ccc1NC(=O)COC(=O)c1ccc(N2C(=O)[C@@H]3C4c5ccccc5C(c5ccccc54)[C@H]3C2=O)cc1. The number of aryl methyl sites for hydroxylation is 1. The van der Waals surface area contributed by atoms with Crippen LogP contribution in [0, 0.1) is 11.8 Å². The van der Waals surface area contributed by atoms with Crippen molar-refractivity contribution in [2.45, 2.75) is 25.2 Å². The fourth-order valence-electron chi connectivity index (χ4n) is 7.06. The number of rotatable bonds is 6. The summed E-state index contributed by atoms with van der Waals surface area (Å²) in [5.74, 6) is -2.90. The van der Waals surface area contributed by atoms with Crippen LogP contribution in [0.2, 0.25) is 0 Å². The number of nitrogens with one attached hydrogen (secondary N) is 1. The minimum Gasteiger partial charge on any atom is -0.452 e. The van der Waals surface area contributed by atoms with E-state index in [-0.39, 0.29) is 29.2 Å². The Hall–Kier alpha value is -4.56. The van der Waals surface area contributed by atoms with Crippen LogP contribution >= 0.6 is 15.9 Å². The first-order valence-corrected chi connectivity index (χ1v) is 15.1. The molecule has 43 heavy (non-hydrogen) atoms. The lowest BCUT2D eigenvalue weighted by Crippen LogP contribution is -2.41. The van der Waals surface area contributed by atoms with E-state index in [0.717, 1.165) is 38.7 Å². The Morgan fingerprint density at radius 2 is 1.33 bits per heavy atom. The maximum absolute atomic E-state index is 13.9. The maximum atomic E-state index is 13.9. The lowest BCUT2D eigenvalue weighted by Gasteiger charge is -2.45. The molecular weight excluding hydrogens is 608 g/mol. The lowest BCUT2D eigenvalue weighted by molar-refractivity contribution is -0.122. The number of imide groups is 1. The van der Waals surface area contributed by atoms with Crippen LogP contribution in [0.5, 0.6) is 0 Å². The van der Waals surface area contributed by atoms with Crippen LogP contribution in [-0.2, 0) is 25.5 Å². The van der Waals surface area contributed by atoms with E-state index in [1.165, 1.54) is 17.0 Å². The van der Waals surface area contributed by atoms with Crippen LogP contribution in [-0.4, -0.2) is 30.3 Å². The topological polar surface area (TPSA) is 92.8 Å². The summed E-state index contributed by atoms with van der Waals surface area (Å²) in [6.07, 6.45) is 0.728. The van der Waals surface area contributed by atoms with E-state index in [1.807, 2.05) is 43.3 Å². The summed E-state index contributed by atoms with van der Waals surface area (Å²) in [5.41, 5.74) is 6.70. The Morgan fingerprint density at radius 1 is 0.791 bits per heavy atom. The van der Waals surface area contributed by atoms with Crippen molar-refractivity contribution >= 4 is 51.0 Å². The van der Waals surface area contributed by atoms with Crippen LogP contribution in [0.15, 0.2) is 95.5 Å². The van der Waals surface area contributed by atoms with Gasteiger partial charge in [0.25, 0.3) is 5.91 Å². The molecule has 2 atom stereocenters. The summed E-state index contributed by atoms with van der Waals surface area (Å²) in [5, 5.41) is 2.78. The molecule has 4 aliphatic rings. The van der Waals surface area contributed by atoms with Crippen molar-refractivity contribution in [3.8, 4) is 0 Å². The number of halogens is 1. The van der Waals surface area contributed by atoms with E-state index in [2.05, 4.69) is 45.5 Å². The average Bonchev–Trinajstić information content (AvgIpc) is 3.30. The molecule has 0 aromatic heterocycles. The van der Waals surface area contributed by atoms with E-state index in [9.17, 15) is 19.2 Å². The zero-order valence-electron chi connectivity index (χ0n) is 23.3. The van der Waals surface area contributed by atoms with Gasteiger partial charge < -0.3 is 10.1 Å². The van der Waals surface area contributed by atoms with E-state index in [4.69, 9.17) is 4.74 Å². The highest BCUT2D eigenvalue weighted by Gasteiger charge is 2.61. The van der Waals surface area contributed by atoms with Gasteiger partial charge in [0.1, 0.15) is 0 Å². The van der Waals surface area contributed by atoms with Crippen LogP contribution in [0.1, 0.15) is 56.9 Å². The highest BCUT2D eigenvalue weighted by molar-refractivity contribution is 9.10. The number of carbonyl (C=O) groups excluding carboxylic acids is 4. The van der Waals surface area contributed by atoms with Gasteiger partial charge in [0.05, 0.1) is 23.1 Å². The van der Waals surface area contributed by atoms with E-state index in [1.54, 1.807) is 18.2 Å². The van der Waals surface area contributed by atoms with Crippen molar-refractivity contribution < 1.29 is 23.9 Å². The minimum atomic E-state index is -0.676. The van der Waals surface area contributed by atoms with Gasteiger partial charge in [-0.3, -0.25) is 14.4 Å². The molecule has 1 N–H and O–H groups in total. The quantitative estimate of drug-likeness (QED) is 0.201. The van der Waals surface area contributed by atoms with E-state index < -0.39 is 30.3 Å². The number of carbonyl (C=O) groups is 4. The molecule has 0 unspecified atom stereocenters. The van der Waals surface area contributed by atoms with Crippen LogP contribution in [0.4, 0.5) is 11.4 Å². The second-order valence-electron chi connectivity index (χ2n) is 11.1. The Labute approximate surface area is 257 Å². The fraction of sp³-hybridized carbons (Fsp3) is 0.200. The Balaban J connectivity index is 1.08. The summed E-state index contributed by atoms with van der Waals surface area (Å²) in [4.78, 5) is 54.3. The Kier molecular flexibility index (Phi) is 6.73. The molecule has 4 aromatic carbocycles. The first-order valence-electron chi connectivity index (χ1n) is 14.3. The molecule has 0 saturated carbocycles. The van der Waals surface area contributed by atoms with Gasteiger partial charge in [0.2, 0.25) is 11.8 Å². The van der Waals surface area contributed by atoms with Gasteiger partial charge in [0, 0.05) is 22.0 Å². The highest BCUT2D eigenvalue weighted by atomic mass is 79.9. The number of ether oxygens (including phenoxy) is 1. The van der Waals surface area contributed by atoms with Gasteiger partial charge in [-0.2, -0.15) is 0 Å². The van der Waals surface area contributed by atoms with E-state index in [0.29, 0.717) is 11.4 Å². The summed E-state index contributed by atoms with van der Waals surface area (Å²) < 4.78 is 6.16. The summed E-state index contributed by atoms with van der Waals surface area (Å²) >= 11 is 3.43. The van der Waals surface area contributed by atoms with Crippen molar-refractivity contribution in [3.63, 3.8) is 0 Å². The molecular formula is C35H27BrN2O5. The molecule has 4 aromatic rings. The molecule has 1 saturated heterocycles. The van der Waals surface area contributed by atoms with Crippen molar-refractivity contribution in [2.24, 2.45) is 11.8 Å². The molecule has 7 nitrogen and oxygen atoms in total. The van der Waals surface area contributed by atoms with Crippen molar-refractivity contribution in [1.82, 2.24) is 0 Å². The molecule has 1 aliphatic heterocycles. The van der Waals surface area contributed by atoms with Gasteiger partial charge in [-0.25, -0.2) is 9.69 Å². The summed E-state index contributed by atoms with van der Waals surface area (Å²) in [6.45, 7) is 1.54. The second-order valence-corrected chi connectivity index (χ2v) is 12.0. The molecule has 214 valence electrons. The second kappa shape index (κ2) is 10.6. The minimum absolute atomic E-state index is 0.185. The normalized spacial score (nSPS) is 21.2. The monoisotopic (exact) mass is 634 g/mol. The smallest absolute Gasteiger partial charge is 0.338 e. The number of hydrogen-bond donors (Lipinski definition) is 1. The first kappa shape index (κ1) is 27.3. The van der Waals surface area contributed by atoms with Crippen LogP contribution < -0.4 is 10.2 Å². The van der Waals surface area contributed by atoms with Crippen LogP contribution in [0.3, 0.4) is 0 Å². The molecule has 0 spiro atoms. The molecule has 1 fully saturated rings. The van der Waals surface area contributed by atoms with Gasteiger partial charge in [0.15, 0.2) is 6.61 Å². The third kappa shape index (κ3) is 4.39. The predicted molar refractivity (Wildman–Crippen MR) is 165 cm³/mol. The summed E-state index contributed by atoms with van der Waals surface area (Å²) in [6, 6.07) is 28.0. The van der Waals surface area contributed by atoms with Gasteiger partial charge in [-0.15, -0.1) is 0 Å². The predicted octanol–water partition coefficient (Wildman–Crippen LogP) is 6.20. The molecule has 3 amide bonds. The van der Waals surface area contributed by atoms with Crippen molar-refractivity contribution in [1.29, 1.82) is 0 Å². The maximum Gasteiger partial charge on any atom is 0.338 e. The average molecular weight is 636 g/mol. The molecule has 8 heteroatoms. The van der Waals surface area contributed by atoms with Gasteiger partial charge in [-0.1, -0.05) is 71.4 Å². The fourth-order valence-corrected chi connectivity index (χ4v) is 7.46. The largest absolute Gasteiger partial charge is 0.452 e. The highest BCUT2D eigenvalue weighted by Crippen LogP contribution is 2.61. The van der Waals surface area contributed by atoms with E-state index >= 15 is 0 Å². The molecule has 0 radical (unpaired) electrons. The van der Waals surface area contributed by atoms with Crippen LogP contribution in [0.25, 0.3) is 0 Å². The number of benzene rings is 4. The van der Waals surface area contributed by atoms with Crippen molar-refractivity contribution in [2.75, 3.05) is 16.8 Å². The van der Waals surface area contributed by atoms with Crippen molar-refractivity contribution in [3.05, 3.63) is 129 Å². The molecule has 8 rings (SSSR count). The summed E-state index contributed by atoms with van der Waals surface area (Å²) in [7, 11) is 0. The van der Waals surface area contributed by atoms with Gasteiger partial charge >= 0.3 is 5.97 Å². The number of anilines is 2. The Bertz CT molecular complexity index is 1700. The third-order valence-corrected chi connectivity index (χ3v) is 9.36. The lowest BCUT2D eigenvalue weighted by atomic mass is 9.55. The molecule has 1 heterocycles. The number of hydrogen-bond acceptors (Lipinski definition) is 5. The first-order chi connectivity index (χ1) is 20.9. The molecule has 3 aliphatic carbocycles. The standard InChI is InChI=1S/C35H27BrN2O5/c1-2-19-17-21(36)13-16-27(19)37-28(39)18-43-35(42)20-11-14-22(15-12-20)38-33(40)31-29-23-7-3-4-8-24(23)30(32(31)34(38)41)26-10-6-5-9-25(26)29/h3-17,29-32H,2,18H2,1H3,(H,37,39)/t29?,30?,31-,32-/m1/s1. The Morgan fingerprint density at radius 3 is 1.84 bits per heavy atom. The number of amides is 3. The zero-order valence-corrected chi connectivity index (χ0v) is 24.8. The number of nitrogens with zero attached hydrogens (tertiary/aromatic N) is 1. The van der Waals surface area contributed by atoms with Gasteiger partial charge in [-0.05, 0) is 76.7 Å². The number of esters is 1. The molecule has 2 bridgehead atoms.